The predicted molar refractivity (Wildman–Crippen MR) is 92.2 cm³/mol. The average Bonchev–Trinajstić information content (AvgIpc) is 3.02. The van der Waals surface area contributed by atoms with Crippen LogP contribution in [0.25, 0.3) is 0 Å². The van der Waals surface area contributed by atoms with Gasteiger partial charge in [-0.2, -0.15) is 0 Å². The highest BCUT2D eigenvalue weighted by atomic mass is 16.2. The van der Waals surface area contributed by atoms with E-state index in [0.717, 1.165) is 58.1 Å². The molecular formula is C16H33N5O. The van der Waals surface area contributed by atoms with Gasteiger partial charge in [0.2, 0.25) is 5.91 Å². The third-order valence-corrected chi connectivity index (χ3v) is 4.00. The van der Waals surface area contributed by atoms with E-state index in [0.29, 0.717) is 6.04 Å². The van der Waals surface area contributed by atoms with Crippen molar-refractivity contribution in [3.05, 3.63) is 0 Å². The third kappa shape index (κ3) is 6.64. The highest BCUT2D eigenvalue weighted by Gasteiger charge is 2.17. The van der Waals surface area contributed by atoms with Gasteiger partial charge in [-0.05, 0) is 40.2 Å². The van der Waals surface area contributed by atoms with E-state index in [1.807, 2.05) is 11.8 Å². The summed E-state index contributed by atoms with van der Waals surface area (Å²) in [5.41, 5.74) is 0. The molecule has 0 unspecified atom stereocenters. The number of hydrogen-bond acceptors (Lipinski definition) is 3. The van der Waals surface area contributed by atoms with Crippen molar-refractivity contribution in [2.75, 3.05) is 45.8 Å². The first-order valence-electron chi connectivity index (χ1n) is 8.62. The van der Waals surface area contributed by atoms with Gasteiger partial charge in [0, 0.05) is 38.8 Å². The second kappa shape index (κ2) is 10.4. The van der Waals surface area contributed by atoms with Gasteiger partial charge >= 0.3 is 0 Å². The molecule has 6 nitrogen and oxygen atoms in total. The fraction of sp³-hybridized carbons (Fsp3) is 0.875. The lowest BCUT2D eigenvalue weighted by molar-refractivity contribution is -0.128. The molecule has 1 saturated heterocycles. The summed E-state index contributed by atoms with van der Waals surface area (Å²) in [6, 6.07) is 0.545. The van der Waals surface area contributed by atoms with Crippen molar-refractivity contribution < 1.29 is 4.79 Å². The molecule has 0 atom stereocenters. The summed E-state index contributed by atoms with van der Waals surface area (Å²) in [5.74, 6) is 0.863. The lowest BCUT2D eigenvalue weighted by atomic mass is 10.3. The summed E-state index contributed by atoms with van der Waals surface area (Å²) in [6.45, 7) is 14.3. The van der Waals surface area contributed by atoms with Crippen LogP contribution in [0.4, 0.5) is 0 Å². The SMILES string of the molecule is CCNC(=NCC(=O)N1CCCC1)NCCN(CC)C(C)C. The van der Waals surface area contributed by atoms with Crippen LogP contribution in [0, 0.1) is 0 Å². The Hall–Kier alpha value is -1.30. The fourth-order valence-corrected chi connectivity index (χ4v) is 2.65. The zero-order valence-corrected chi connectivity index (χ0v) is 14.7. The highest BCUT2D eigenvalue weighted by molar-refractivity contribution is 5.85. The first-order chi connectivity index (χ1) is 10.6. The van der Waals surface area contributed by atoms with Crippen LogP contribution in [0.5, 0.6) is 0 Å². The molecule has 0 aromatic carbocycles. The molecule has 0 spiro atoms. The van der Waals surface area contributed by atoms with Gasteiger partial charge in [0.1, 0.15) is 6.54 Å². The second-order valence-corrected chi connectivity index (χ2v) is 5.93. The zero-order chi connectivity index (χ0) is 16.4. The van der Waals surface area contributed by atoms with Gasteiger partial charge in [0.15, 0.2) is 5.96 Å². The van der Waals surface area contributed by atoms with Crippen LogP contribution in [-0.4, -0.2) is 73.5 Å². The molecule has 0 bridgehead atoms. The molecule has 22 heavy (non-hydrogen) atoms. The summed E-state index contributed by atoms with van der Waals surface area (Å²) in [6.07, 6.45) is 2.24. The fourth-order valence-electron chi connectivity index (χ4n) is 2.65. The maximum Gasteiger partial charge on any atom is 0.244 e. The lowest BCUT2D eigenvalue weighted by Gasteiger charge is -2.25. The summed E-state index contributed by atoms with van der Waals surface area (Å²) < 4.78 is 0. The standard InChI is InChI=1S/C16H33N5O/c1-5-17-16(18-9-12-20(6-2)14(3)4)19-13-15(22)21-10-7-8-11-21/h14H,5-13H2,1-4H3,(H2,17,18,19). The van der Waals surface area contributed by atoms with Crippen LogP contribution in [0.1, 0.15) is 40.5 Å². The Morgan fingerprint density at radius 1 is 1.23 bits per heavy atom. The molecule has 0 saturated carbocycles. The monoisotopic (exact) mass is 311 g/mol. The second-order valence-electron chi connectivity index (χ2n) is 5.93. The van der Waals surface area contributed by atoms with Crippen molar-refractivity contribution in [1.29, 1.82) is 0 Å². The Morgan fingerprint density at radius 2 is 1.91 bits per heavy atom. The van der Waals surface area contributed by atoms with Crippen molar-refractivity contribution >= 4 is 11.9 Å². The van der Waals surface area contributed by atoms with E-state index in [-0.39, 0.29) is 12.5 Å². The van der Waals surface area contributed by atoms with Crippen LogP contribution in [-0.2, 0) is 4.79 Å². The van der Waals surface area contributed by atoms with Crippen molar-refractivity contribution in [2.45, 2.75) is 46.6 Å². The smallest absolute Gasteiger partial charge is 0.244 e. The number of aliphatic imine (C=N–C) groups is 1. The van der Waals surface area contributed by atoms with Gasteiger partial charge < -0.3 is 15.5 Å². The lowest BCUT2D eigenvalue weighted by Crippen LogP contribution is -2.43. The molecule has 0 aliphatic carbocycles. The maximum atomic E-state index is 12.0. The zero-order valence-electron chi connectivity index (χ0n) is 14.7. The topological polar surface area (TPSA) is 60.0 Å². The summed E-state index contributed by atoms with van der Waals surface area (Å²) >= 11 is 0. The number of carbonyl (C=O) groups excluding carboxylic acids is 1. The van der Waals surface area contributed by atoms with E-state index in [1.165, 1.54) is 0 Å². The number of rotatable bonds is 8. The molecule has 1 aliphatic heterocycles. The number of guanidine groups is 1. The molecule has 128 valence electrons. The van der Waals surface area contributed by atoms with E-state index < -0.39 is 0 Å². The van der Waals surface area contributed by atoms with E-state index in [4.69, 9.17) is 0 Å². The molecule has 1 aliphatic rings. The maximum absolute atomic E-state index is 12.0. The molecule has 2 N–H and O–H groups in total. The van der Waals surface area contributed by atoms with Gasteiger partial charge in [-0.25, -0.2) is 4.99 Å². The van der Waals surface area contributed by atoms with Crippen molar-refractivity contribution in [2.24, 2.45) is 4.99 Å². The van der Waals surface area contributed by atoms with Crippen molar-refractivity contribution in [3.8, 4) is 0 Å². The Kier molecular flexibility index (Phi) is 8.89. The number of likely N-dealkylation sites (N-methyl/N-ethyl adjacent to an activating group) is 1. The van der Waals surface area contributed by atoms with Crippen LogP contribution >= 0.6 is 0 Å². The first-order valence-corrected chi connectivity index (χ1v) is 8.62. The van der Waals surface area contributed by atoms with Gasteiger partial charge in [0.25, 0.3) is 0 Å². The molecular weight excluding hydrogens is 278 g/mol. The van der Waals surface area contributed by atoms with Gasteiger partial charge in [-0.15, -0.1) is 0 Å². The number of carbonyl (C=O) groups is 1. The Labute approximate surface area is 135 Å². The number of amides is 1. The molecule has 0 radical (unpaired) electrons. The molecule has 6 heteroatoms. The summed E-state index contributed by atoms with van der Waals surface area (Å²) in [7, 11) is 0. The Bertz CT molecular complexity index is 350. The molecule has 1 fully saturated rings. The van der Waals surface area contributed by atoms with Gasteiger partial charge in [-0.3, -0.25) is 9.69 Å². The predicted octanol–water partition coefficient (Wildman–Crippen LogP) is 0.894. The van der Waals surface area contributed by atoms with E-state index in [2.05, 4.69) is 41.3 Å². The number of likely N-dealkylation sites (tertiary alicyclic amines) is 1. The molecule has 0 aromatic heterocycles. The number of nitrogens with one attached hydrogen (secondary N) is 2. The van der Waals surface area contributed by atoms with Gasteiger partial charge in [0.05, 0.1) is 0 Å². The minimum Gasteiger partial charge on any atom is -0.357 e. The number of hydrogen-bond donors (Lipinski definition) is 2. The molecule has 0 aromatic rings. The summed E-state index contributed by atoms with van der Waals surface area (Å²) in [4.78, 5) is 20.7. The van der Waals surface area contributed by atoms with Crippen LogP contribution in [0.15, 0.2) is 4.99 Å². The molecule has 1 rings (SSSR count). The molecule has 1 heterocycles. The van der Waals surface area contributed by atoms with E-state index in [9.17, 15) is 4.79 Å². The normalized spacial score (nSPS) is 15.7. The Morgan fingerprint density at radius 3 is 2.45 bits per heavy atom. The minimum atomic E-state index is 0.132. The largest absolute Gasteiger partial charge is 0.357 e. The quantitative estimate of drug-likeness (QED) is 0.516. The van der Waals surface area contributed by atoms with E-state index in [1.54, 1.807) is 0 Å². The van der Waals surface area contributed by atoms with Crippen LogP contribution < -0.4 is 10.6 Å². The van der Waals surface area contributed by atoms with Crippen molar-refractivity contribution in [1.82, 2.24) is 20.4 Å². The highest BCUT2D eigenvalue weighted by Crippen LogP contribution is 2.07. The number of nitrogens with zero attached hydrogens (tertiary/aromatic N) is 3. The van der Waals surface area contributed by atoms with Crippen molar-refractivity contribution in [3.63, 3.8) is 0 Å². The van der Waals surface area contributed by atoms with E-state index >= 15 is 0 Å². The third-order valence-electron chi connectivity index (χ3n) is 4.00. The summed E-state index contributed by atoms with van der Waals surface area (Å²) in [5, 5.41) is 6.51. The van der Waals surface area contributed by atoms with Crippen LogP contribution in [0.3, 0.4) is 0 Å². The Balaban J connectivity index is 2.39. The van der Waals surface area contributed by atoms with Gasteiger partial charge in [-0.1, -0.05) is 6.92 Å². The minimum absolute atomic E-state index is 0.132. The first kappa shape index (κ1) is 18.7. The van der Waals surface area contributed by atoms with Crippen LogP contribution in [0.2, 0.25) is 0 Å². The molecule has 1 amide bonds. The average molecular weight is 311 g/mol.